The van der Waals surface area contributed by atoms with Gasteiger partial charge in [-0.05, 0) is 0 Å². The van der Waals surface area contributed by atoms with E-state index in [1.165, 1.54) is 0 Å². The third-order valence-corrected chi connectivity index (χ3v) is 0.525. The molecule has 0 spiro atoms. The number of alkyl halides is 4. The Bertz CT molecular complexity index is 55.2. The summed E-state index contributed by atoms with van der Waals surface area (Å²) in [6.45, 7) is 0. The molecule has 0 amide bonds. The number of hydrogen-bond donors (Lipinski definition) is 0. The number of halogens is 4. The second-order valence-electron chi connectivity index (χ2n) is 0.858. The molecule has 0 radical (unpaired) electrons. The monoisotopic (exact) mass is 133 g/mol. The maximum atomic E-state index is 10.9. The molecule has 0 aromatic heterocycles. The topological polar surface area (TPSA) is 0 Å². The molecule has 0 nitrogen and oxygen atoms in total. The fraction of sp³-hybridized carbons (Fsp3) is 1.00. The predicted molar refractivity (Wildman–Crippen MR) is 18.3 cm³/mol. The molecular weight excluding hydrogens is 132 g/mol. The molecular formula is C2HF4S-. The van der Waals surface area contributed by atoms with Crippen molar-refractivity contribution in [2.24, 2.45) is 0 Å². The zero-order valence-corrected chi connectivity index (χ0v) is 3.81. The highest BCUT2D eigenvalue weighted by atomic mass is 32.1. The minimum Gasteiger partial charge on any atom is -0.747 e. The van der Waals surface area contributed by atoms with E-state index in [0.717, 1.165) is 0 Å². The predicted octanol–water partition coefficient (Wildman–Crippen LogP) is 1.39. The fourth-order valence-electron chi connectivity index (χ4n) is 0. The maximum Gasteiger partial charge on any atom is 0.397 e. The van der Waals surface area contributed by atoms with Crippen molar-refractivity contribution in [2.45, 2.75) is 11.7 Å². The summed E-state index contributed by atoms with van der Waals surface area (Å²) in [5.74, 6) is 0. The van der Waals surface area contributed by atoms with E-state index < -0.39 is 11.7 Å². The third-order valence-electron chi connectivity index (χ3n) is 0.257. The lowest BCUT2D eigenvalue weighted by atomic mass is 10.7. The first-order valence-corrected chi connectivity index (χ1v) is 1.78. The zero-order chi connectivity index (χ0) is 6.08. The van der Waals surface area contributed by atoms with Gasteiger partial charge in [0.2, 0.25) is 0 Å². The van der Waals surface area contributed by atoms with Gasteiger partial charge in [-0.1, -0.05) is 0 Å². The average molecular weight is 133 g/mol. The molecule has 0 aliphatic heterocycles. The molecule has 1 atom stereocenters. The minimum absolute atomic E-state index is 3.12. The molecule has 1 unspecified atom stereocenters. The van der Waals surface area contributed by atoms with Gasteiger partial charge >= 0.3 is 6.18 Å². The van der Waals surface area contributed by atoms with Crippen LogP contribution in [0.4, 0.5) is 17.6 Å². The lowest BCUT2D eigenvalue weighted by molar-refractivity contribution is -0.153. The van der Waals surface area contributed by atoms with Gasteiger partial charge < -0.3 is 12.6 Å². The Kier molecular flexibility index (Phi) is 1.92. The Morgan fingerprint density at radius 1 is 1.29 bits per heavy atom. The van der Waals surface area contributed by atoms with Crippen LogP contribution in [0.25, 0.3) is 0 Å². The first-order valence-electron chi connectivity index (χ1n) is 1.31. The summed E-state index contributed by atoms with van der Waals surface area (Å²) in [5.41, 5.74) is -3.12. The van der Waals surface area contributed by atoms with Crippen molar-refractivity contribution < 1.29 is 17.6 Å². The van der Waals surface area contributed by atoms with Gasteiger partial charge in [-0.2, -0.15) is 13.2 Å². The largest absolute Gasteiger partial charge is 0.747 e. The first kappa shape index (κ1) is 7.07. The molecule has 5 heteroatoms. The molecule has 0 bridgehead atoms. The lowest BCUT2D eigenvalue weighted by Crippen LogP contribution is -2.20. The van der Waals surface area contributed by atoms with Crippen LogP contribution in [0.5, 0.6) is 0 Å². The van der Waals surface area contributed by atoms with Crippen LogP contribution in [0.3, 0.4) is 0 Å². The molecule has 0 N–H and O–H groups in total. The molecule has 0 aromatic carbocycles. The highest BCUT2D eigenvalue weighted by Crippen LogP contribution is 2.20. The van der Waals surface area contributed by atoms with Crippen molar-refractivity contribution >= 4 is 12.6 Å². The molecule has 0 heterocycles. The van der Waals surface area contributed by atoms with Crippen LogP contribution >= 0.6 is 0 Å². The second kappa shape index (κ2) is 1.90. The SMILES string of the molecule is FC([S-])C(F)(F)F. The van der Waals surface area contributed by atoms with Crippen LogP contribution in [-0.4, -0.2) is 11.7 Å². The Morgan fingerprint density at radius 3 is 1.43 bits per heavy atom. The van der Waals surface area contributed by atoms with Gasteiger partial charge in [0, 0.05) is 0 Å². The summed E-state index contributed by atoms with van der Waals surface area (Å²) in [5, 5.41) is 0. The van der Waals surface area contributed by atoms with Crippen LogP contribution < -0.4 is 0 Å². The van der Waals surface area contributed by atoms with E-state index in [1.807, 2.05) is 0 Å². The van der Waals surface area contributed by atoms with E-state index in [1.54, 1.807) is 0 Å². The summed E-state index contributed by atoms with van der Waals surface area (Å²) in [6.07, 6.45) is -4.85. The van der Waals surface area contributed by atoms with Gasteiger partial charge in [-0.15, -0.1) is 0 Å². The summed E-state index contributed by atoms with van der Waals surface area (Å²) < 4.78 is 43.0. The summed E-state index contributed by atoms with van der Waals surface area (Å²) in [7, 11) is 0. The standard InChI is InChI=1S/C2H2F4S/c3-1(7)2(4,5)6/h1,7H/p-1. The highest BCUT2D eigenvalue weighted by molar-refractivity contribution is 7.59. The van der Waals surface area contributed by atoms with Crippen molar-refractivity contribution in [3.63, 3.8) is 0 Å². The third kappa shape index (κ3) is 2.73. The van der Waals surface area contributed by atoms with Crippen molar-refractivity contribution in [3.8, 4) is 0 Å². The Balaban J connectivity index is 3.54. The van der Waals surface area contributed by atoms with Crippen LogP contribution in [-0.2, 0) is 12.6 Å². The smallest absolute Gasteiger partial charge is 0.397 e. The fourth-order valence-corrected chi connectivity index (χ4v) is 0. The van der Waals surface area contributed by atoms with Gasteiger partial charge in [-0.3, -0.25) is 4.39 Å². The molecule has 0 rings (SSSR count). The summed E-state index contributed by atoms with van der Waals surface area (Å²) in [6, 6.07) is 0. The van der Waals surface area contributed by atoms with Gasteiger partial charge in [0.15, 0.2) is 0 Å². The molecule has 0 aliphatic carbocycles. The molecule has 44 valence electrons. The van der Waals surface area contributed by atoms with E-state index in [4.69, 9.17) is 0 Å². The minimum atomic E-state index is -4.85. The van der Waals surface area contributed by atoms with Crippen LogP contribution in [0, 0.1) is 0 Å². The van der Waals surface area contributed by atoms with E-state index in [0.29, 0.717) is 0 Å². The molecule has 0 aliphatic rings. The van der Waals surface area contributed by atoms with Crippen LogP contribution in [0.2, 0.25) is 0 Å². The van der Waals surface area contributed by atoms with Gasteiger partial charge in [0.05, 0.1) is 5.50 Å². The van der Waals surface area contributed by atoms with Crippen molar-refractivity contribution in [1.29, 1.82) is 0 Å². The van der Waals surface area contributed by atoms with Gasteiger partial charge in [0.25, 0.3) is 0 Å². The zero-order valence-electron chi connectivity index (χ0n) is 3.00. The maximum absolute atomic E-state index is 10.9. The molecule has 0 saturated carbocycles. The lowest BCUT2D eigenvalue weighted by Gasteiger charge is -2.14. The molecule has 0 fully saturated rings. The van der Waals surface area contributed by atoms with E-state index >= 15 is 0 Å². The normalized spacial score (nSPS) is 16.7. The summed E-state index contributed by atoms with van der Waals surface area (Å²) in [4.78, 5) is 0. The number of hydrogen-bond acceptors (Lipinski definition) is 1. The van der Waals surface area contributed by atoms with E-state index in [9.17, 15) is 17.6 Å². The summed E-state index contributed by atoms with van der Waals surface area (Å²) >= 11 is 3.22. The second-order valence-corrected chi connectivity index (χ2v) is 1.27. The first-order chi connectivity index (χ1) is 2.94. The van der Waals surface area contributed by atoms with E-state index in [2.05, 4.69) is 12.6 Å². The Labute approximate surface area is 42.9 Å². The highest BCUT2D eigenvalue weighted by Gasteiger charge is 2.29. The molecule has 0 saturated heterocycles. The molecule has 0 aromatic rings. The van der Waals surface area contributed by atoms with E-state index in [-0.39, 0.29) is 0 Å². The Hall–Kier alpha value is 0.0700. The molecule has 7 heavy (non-hydrogen) atoms. The van der Waals surface area contributed by atoms with Crippen LogP contribution in [0.1, 0.15) is 0 Å². The Morgan fingerprint density at radius 2 is 1.43 bits per heavy atom. The number of rotatable bonds is 0. The van der Waals surface area contributed by atoms with Gasteiger partial charge in [-0.25, -0.2) is 0 Å². The average Bonchev–Trinajstić information content (AvgIpc) is 1.31. The van der Waals surface area contributed by atoms with Gasteiger partial charge in [0.1, 0.15) is 0 Å². The van der Waals surface area contributed by atoms with Crippen LogP contribution in [0.15, 0.2) is 0 Å². The quantitative estimate of drug-likeness (QED) is 0.355. The van der Waals surface area contributed by atoms with Crippen molar-refractivity contribution in [1.82, 2.24) is 0 Å². The van der Waals surface area contributed by atoms with Crippen molar-refractivity contribution in [2.75, 3.05) is 0 Å². The van der Waals surface area contributed by atoms with Crippen molar-refractivity contribution in [3.05, 3.63) is 0 Å².